The first-order chi connectivity index (χ1) is 8.34. The van der Waals surface area contributed by atoms with Crippen LogP contribution in [-0.4, -0.2) is 56.2 Å². The summed E-state index contributed by atoms with van der Waals surface area (Å²) < 4.78 is 5.34. The summed E-state index contributed by atoms with van der Waals surface area (Å²) in [7, 11) is 0. The fraction of sp³-hybridized carbons (Fsp3) is 1.00. The van der Waals surface area contributed by atoms with Crippen molar-refractivity contribution >= 4 is 11.6 Å². The van der Waals surface area contributed by atoms with Crippen LogP contribution in [0, 0.1) is 5.92 Å². The van der Waals surface area contributed by atoms with Gasteiger partial charge in [-0.3, -0.25) is 4.90 Å². The minimum Gasteiger partial charge on any atom is -0.379 e. The molecule has 1 aliphatic heterocycles. The van der Waals surface area contributed by atoms with Crippen LogP contribution < -0.4 is 5.32 Å². The van der Waals surface area contributed by atoms with Crippen LogP contribution in [0.3, 0.4) is 0 Å². The van der Waals surface area contributed by atoms with Gasteiger partial charge < -0.3 is 10.1 Å². The molecule has 2 aliphatic rings. The molecule has 0 spiro atoms. The van der Waals surface area contributed by atoms with E-state index in [9.17, 15) is 0 Å². The highest BCUT2D eigenvalue weighted by Crippen LogP contribution is 2.27. The van der Waals surface area contributed by atoms with Crippen molar-refractivity contribution in [2.45, 2.75) is 31.1 Å². The number of nitrogens with zero attached hydrogens (tertiary/aromatic N) is 1. The second-order valence-electron chi connectivity index (χ2n) is 5.29. The topological polar surface area (TPSA) is 24.5 Å². The molecule has 0 bridgehead atoms. The number of morpholine rings is 1. The van der Waals surface area contributed by atoms with E-state index >= 15 is 0 Å². The Bertz CT molecular complexity index is 210. The molecule has 1 saturated heterocycles. The highest BCUT2D eigenvalue weighted by atomic mass is 35.5. The van der Waals surface area contributed by atoms with Gasteiger partial charge in [0.15, 0.2) is 0 Å². The van der Waals surface area contributed by atoms with Crippen LogP contribution in [0.4, 0.5) is 0 Å². The normalized spacial score (nSPS) is 31.6. The summed E-state index contributed by atoms with van der Waals surface area (Å²) in [6.45, 7) is 7.38. The van der Waals surface area contributed by atoms with Gasteiger partial charge in [-0.1, -0.05) is 6.42 Å². The molecule has 0 aromatic carbocycles. The predicted octanol–water partition coefficient (Wildman–Crippen LogP) is 1.71. The van der Waals surface area contributed by atoms with E-state index in [1.54, 1.807) is 0 Å². The predicted molar refractivity (Wildman–Crippen MR) is 71.7 cm³/mol. The zero-order valence-electron chi connectivity index (χ0n) is 10.7. The van der Waals surface area contributed by atoms with Crippen LogP contribution in [0.15, 0.2) is 0 Å². The van der Waals surface area contributed by atoms with Crippen molar-refractivity contribution in [1.82, 2.24) is 10.2 Å². The lowest BCUT2D eigenvalue weighted by Crippen LogP contribution is -2.41. The average Bonchev–Trinajstić information content (AvgIpc) is 2.36. The molecular formula is C13H25ClN2O. The van der Waals surface area contributed by atoms with E-state index in [0.29, 0.717) is 5.38 Å². The first-order valence-corrected chi connectivity index (χ1v) is 7.43. The van der Waals surface area contributed by atoms with Crippen LogP contribution in [0.5, 0.6) is 0 Å². The molecule has 2 unspecified atom stereocenters. The van der Waals surface area contributed by atoms with E-state index in [-0.39, 0.29) is 0 Å². The number of nitrogens with one attached hydrogen (secondary N) is 1. The summed E-state index contributed by atoms with van der Waals surface area (Å²) >= 11 is 6.20. The van der Waals surface area contributed by atoms with Crippen LogP contribution in [0.1, 0.15) is 25.7 Å². The molecule has 2 rings (SSSR count). The van der Waals surface area contributed by atoms with Gasteiger partial charge >= 0.3 is 0 Å². The largest absolute Gasteiger partial charge is 0.379 e. The van der Waals surface area contributed by atoms with Crippen LogP contribution >= 0.6 is 11.6 Å². The third-order valence-electron chi connectivity index (χ3n) is 3.86. The number of hydrogen-bond acceptors (Lipinski definition) is 3. The van der Waals surface area contributed by atoms with E-state index < -0.39 is 0 Å². The van der Waals surface area contributed by atoms with Gasteiger partial charge in [-0.15, -0.1) is 11.6 Å². The highest BCUT2D eigenvalue weighted by molar-refractivity contribution is 6.20. The molecule has 0 amide bonds. The SMILES string of the molecule is ClC1CCCC(CNCCN2CCOCC2)C1. The average molecular weight is 261 g/mol. The van der Waals surface area contributed by atoms with Gasteiger partial charge in [0.2, 0.25) is 0 Å². The van der Waals surface area contributed by atoms with Crippen molar-refractivity contribution in [2.75, 3.05) is 45.9 Å². The van der Waals surface area contributed by atoms with Gasteiger partial charge in [-0.25, -0.2) is 0 Å². The van der Waals surface area contributed by atoms with Gasteiger partial charge in [0, 0.05) is 31.6 Å². The first kappa shape index (κ1) is 13.6. The molecule has 1 heterocycles. The van der Waals surface area contributed by atoms with E-state index in [1.807, 2.05) is 0 Å². The summed E-state index contributed by atoms with van der Waals surface area (Å²) in [5.74, 6) is 0.802. The Morgan fingerprint density at radius 3 is 2.82 bits per heavy atom. The van der Waals surface area contributed by atoms with E-state index in [0.717, 1.165) is 51.9 Å². The Balaban J connectivity index is 1.50. The number of rotatable bonds is 5. The van der Waals surface area contributed by atoms with Crippen LogP contribution in [0.2, 0.25) is 0 Å². The molecule has 0 radical (unpaired) electrons. The van der Waals surface area contributed by atoms with Crippen molar-refractivity contribution in [3.63, 3.8) is 0 Å². The van der Waals surface area contributed by atoms with E-state index in [1.165, 1.54) is 25.7 Å². The Kier molecular flexibility index (Phi) is 6.06. The molecule has 1 aliphatic carbocycles. The quantitative estimate of drug-likeness (QED) is 0.602. The maximum Gasteiger partial charge on any atom is 0.0594 e. The Morgan fingerprint density at radius 2 is 2.06 bits per heavy atom. The second-order valence-corrected chi connectivity index (χ2v) is 5.91. The van der Waals surface area contributed by atoms with E-state index in [4.69, 9.17) is 16.3 Å². The summed E-state index contributed by atoms with van der Waals surface area (Å²) in [6.07, 6.45) is 5.08. The summed E-state index contributed by atoms with van der Waals surface area (Å²) in [6, 6.07) is 0. The smallest absolute Gasteiger partial charge is 0.0594 e. The van der Waals surface area contributed by atoms with Crippen LogP contribution in [-0.2, 0) is 4.74 Å². The molecular weight excluding hydrogens is 236 g/mol. The second kappa shape index (κ2) is 7.57. The fourth-order valence-electron chi connectivity index (χ4n) is 2.78. The minimum atomic E-state index is 0.426. The molecule has 2 atom stereocenters. The molecule has 1 saturated carbocycles. The number of halogens is 1. The van der Waals surface area contributed by atoms with Crippen molar-refractivity contribution in [3.05, 3.63) is 0 Å². The number of alkyl halides is 1. The Labute approximate surface area is 110 Å². The summed E-state index contributed by atoms with van der Waals surface area (Å²) in [5.41, 5.74) is 0. The molecule has 3 nitrogen and oxygen atoms in total. The van der Waals surface area contributed by atoms with Crippen LogP contribution in [0.25, 0.3) is 0 Å². The number of ether oxygens (including phenoxy) is 1. The zero-order chi connectivity index (χ0) is 11.9. The van der Waals surface area contributed by atoms with Gasteiger partial charge in [0.1, 0.15) is 0 Å². The van der Waals surface area contributed by atoms with E-state index in [2.05, 4.69) is 10.2 Å². The highest BCUT2D eigenvalue weighted by Gasteiger charge is 2.19. The Hall–Kier alpha value is 0.170. The van der Waals surface area contributed by atoms with Crippen molar-refractivity contribution in [3.8, 4) is 0 Å². The van der Waals surface area contributed by atoms with Gasteiger partial charge in [-0.05, 0) is 31.7 Å². The number of hydrogen-bond donors (Lipinski definition) is 1. The lowest BCUT2D eigenvalue weighted by molar-refractivity contribution is 0.0383. The van der Waals surface area contributed by atoms with Gasteiger partial charge in [-0.2, -0.15) is 0 Å². The molecule has 0 aromatic heterocycles. The molecule has 1 N–H and O–H groups in total. The fourth-order valence-corrected chi connectivity index (χ4v) is 3.19. The first-order valence-electron chi connectivity index (χ1n) is 6.99. The summed E-state index contributed by atoms with van der Waals surface area (Å²) in [4.78, 5) is 2.47. The van der Waals surface area contributed by atoms with Gasteiger partial charge in [0.05, 0.1) is 13.2 Å². The standard InChI is InChI=1S/C13H25ClN2O/c14-13-3-1-2-12(10-13)11-15-4-5-16-6-8-17-9-7-16/h12-13,15H,1-11H2. The zero-order valence-corrected chi connectivity index (χ0v) is 11.4. The molecule has 17 heavy (non-hydrogen) atoms. The van der Waals surface area contributed by atoms with Crippen molar-refractivity contribution < 1.29 is 4.74 Å². The monoisotopic (exact) mass is 260 g/mol. The third-order valence-corrected chi connectivity index (χ3v) is 4.26. The molecule has 4 heteroatoms. The lowest BCUT2D eigenvalue weighted by Gasteiger charge is -2.28. The minimum absolute atomic E-state index is 0.426. The summed E-state index contributed by atoms with van der Waals surface area (Å²) in [5, 5.41) is 4.01. The molecule has 0 aromatic rings. The maximum absolute atomic E-state index is 6.20. The lowest BCUT2D eigenvalue weighted by atomic mass is 9.89. The Morgan fingerprint density at radius 1 is 1.24 bits per heavy atom. The molecule has 100 valence electrons. The third kappa shape index (κ3) is 5.12. The van der Waals surface area contributed by atoms with Gasteiger partial charge in [0.25, 0.3) is 0 Å². The van der Waals surface area contributed by atoms with Crippen molar-refractivity contribution in [1.29, 1.82) is 0 Å². The molecule has 2 fully saturated rings. The van der Waals surface area contributed by atoms with Crippen molar-refractivity contribution in [2.24, 2.45) is 5.92 Å². The maximum atomic E-state index is 6.20.